The largest absolute Gasteiger partial charge is 0.365 e. The quantitative estimate of drug-likeness (QED) is 0.516. The number of hydrogen-bond donors (Lipinski definition) is 2. The minimum Gasteiger partial charge on any atom is -0.365 e. The van der Waals surface area contributed by atoms with Crippen LogP contribution in [0.15, 0.2) is 55.0 Å². The number of aromatic amines is 1. The summed E-state index contributed by atoms with van der Waals surface area (Å²) in [7, 11) is 0. The Morgan fingerprint density at radius 3 is 2.93 bits per heavy atom. The lowest BCUT2D eigenvalue weighted by Gasteiger charge is -2.31. The van der Waals surface area contributed by atoms with Crippen molar-refractivity contribution >= 4 is 39.7 Å². The van der Waals surface area contributed by atoms with Gasteiger partial charge in [0.2, 0.25) is 0 Å². The number of benzene rings is 2. The molecule has 4 aromatic rings. The molecule has 29 heavy (non-hydrogen) atoms. The van der Waals surface area contributed by atoms with Crippen molar-refractivity contribution in [3.63, 3.8) is 0 Å². The number of halogens is 1. The molecule has 0 saturated heterocycles. The molecule has 1 aliphatic heterocycles. The number of rotatable bonds is 3. The lowest BCUT2D eigenvalue weighted by Crippen LogP contribution is -2.31. The van der Waals surface area contributed by atoms with Gasteiger partial charge >= 0.3 is 0 Å². The minimum atomic E-state index is 0.473. The zero-order valence-corrected chi connectivity index (χ0v) is 16.2. The number of hydrogen-bond acceptors (Lipinski definition) is 5. The van der Waals surface area contributed by atoms with E-state index in [2.05, 4.69) is 55.5 Å². The van der Waals surface area contributed by atoms with E-state index in [1.165, 1.54) is 5.39 Å². The van der Waals surface area contributed by atoms with Crippen molar-refractivity contribution in [1.29, 1.82) is 5.26 Å². The van der Waals surface area contributed by atoms with Gasteiger partial charge in [-0.15, -0.1) is 0 Å². The van der Waals surface area contributed by atoms with Crippen LogP contribution in [0.3, 0.4) is 0 Å². The van der Waals surface area contributed by atoms with Crippen LogP contribution in [0.2, 0.25) is 5.02 Å². The molecule has 0 atom stereocenters. The Hall–Kier alpha value is -3.56. The van der Waals surface area contributed by atoms with Gasteiger partial charge in [-0.2, -0.15) is 5.26 Å². The monoisotopic (exact) mass is 400 g/mol. The van der Waals surface area contributed by atoms with E-state index in [1.807, 2.05) is 18.3 Å². The van der Waals surface area contributed by atoms with Gasteiger partial charge in [0.05, 0.1) is 22.8 Å². The summed E-state index contributed by atoms with van der Waals surface area (Å²) < 4.78 is 0. The summed E-state index contributed by atoms with van der Waals surface area (Å²) in [5, 5.41) is 14.2. The molecule has 6 nitrogen and oxygen atoms in total. The van der Waals surface area contributed by atoms with E-state index in [1.54, 1.807) is 12.4 Å². The summed E-state index contributed by atoms with van der Waals surface area (Å²) in [6.45, 7) is 1.50. The molecular weight excluding hydrogens is 384 g/mol. The van der Waals surface area contributed by atoms with Crippen LogP contribution in [-0.4, -0.2) is 21.5 Å². The van der Waals surface area contributed by atoms with Gasteiger partial charge in [-0.3, -0.25) is 0 Å². The van der Waals surface area contributed by atoms with Crippen LogP contribution < -0.4 is 10.2 Å². The molecule has 0 unspecified atom stereocenters. The van der Waals surface area contributed by atoms with Crippen molar-refractivity contribution < 1.29 is 0 Å². The smallest absolute Gasteiger partial charge is 0.137 e. The standard InChI is InChI=1S/C22H17ClN6/c23-19-10-17(4-2-15(19)11-24)29-8-6-18-21(12-29)26-13-27-22(18)28-16-3-1-14-5-7-25-20(14)9-16/h1-5,7,9-10,13,25H,6,8,12H2,(H,26,27,28). The van der Waals surface area contributed by atoms with Crippen LogP contribution in [-0.2, 0) is 13.0 Å². The van der Waals surface area contributed by atoms with Crippen molar-refractivity contribution in [2.75, 3.05) is 16.8 Å². The van der Waals surface area contributed by atoms with Crippen LogP contribution >= 0.6 is 11.6 Å². The Balaban J connectivity index is 1.41. The van der Waals surface area contributed by atoms with Gasteiger partial charge in [0, 0.05) is 35.2 Å². The van der Waals surface area contributed by atoms with E-state index in [9.17, 15) is 0 Å². The number of aromatic nitrogens is 3. The molecule has 0 aliphatic carbocycles. The Kier molecular flexibility index (Phi) is 4.30. The molecule has 0 spiro atoms. The van der Waals surface area contributed by atoms with Crippen molar-refractivity contribution in [2.45, 2.75) is 13.0 Å². The van der Waals surface area contributed by atoms with E-state index >= 15 is 0 Å². The lowest BCUT2D eigenvalue weighted by atomic mass is 10.0. The van der Waals surface area contributed by atoms with Gasteiger partial charge in [-0.25, -0.2) is 9.97 Å². The summed E-state index contributed by atoms with van der Waals surface area (Å²) >= 11 is 6.21. The summed E-state index contributed by atoms with van der Waals surface area (Å²) in [5.41, 5.74) is 5.68. The zero-order chi connectivity index (χ0) is 19.8. The molecule has 0 radical (unpaired) electrons. The van der Waals surface area contributed by atoms with E-state index in [0.717, 1.165) is 46.9 Å². The maximum Gasteiger partial charge on any atom is 0.137 e. The van der Waals surface area contributed by atoms with Crippen LogP contribution in [0.25, 0.3) is 10.9 Å². The second-order valence-corrected chi connectivity index (χ2v) is 7.41. The molecule has 5 rings (SSSR count). The fourth-order valence-electron chi connectivity index (χ4n) is 3.74. The first-order valence-corrected chi connectivity index (χ1v) is 9.70. The Labute approximate surface area is 172 Å². The molecular formula is C22H17ClN6. The fourth-order valence-corrected chi connectivity index (χ4v) is 3.95. The van der Waals surface area contributed by atoms with Gasteiger partial charge in [0.15, 0.2) is 0 Å². The Bertz CT molecular complexity index is 1260. The van der Waals surface area contributed by atoms with Gasteiger partial charge in [0.25, 0.3) is 0 Å². The highest BCUT2D eigenvalue weighted by atomic mass is 35.5. The molecule has 0 amide bonds. The summed E-state index contributed by atoms with van der Waals surface area (Å²) in [6, 6.07) is 15.9. The van der Waals surface area contributed by atoms with Gasteiger partial charge in [-0.05, 0) is 48.2 Å². The van der Waals surface area contributed by atoms with Crippen molar-refractivity contribution in [3.8, 4) is 6.07 Å². The van der Waals surface area contributed by atoms with Crippen molar-refractivity contribution in [1.82, 2.24) is 15.0 Å². The predicted octanol–water partition coefficient (Wildman–Crippen LogP) is 4.79. The highest BCUT2D eigenvalue weighted by Crippen LogP contribution is 2.30. The molecule has 2 aromatic heterocycles. The second-order valence-electron chi connectivity index (χ2n) is 7.00. The summed E-state index contributed by atoms with van der Waals surface area (Å²) in [5.74, 6) is 0.846. The molecule has 1 aliphatic rings. The van der Waals surface area contributed by atoms with Gasteiger partial charge in [-0.1, -0.05) is 17.7 Å². The van der Waals surface area contributed by atoms with Crippen LogP contribution in [0.5, 0.6) is 0 Å². The predicted molar refractivity (Wildman–Crippen MR) is 115 cm³/mol. The molecule has 2 aromatic carbocycles. The van der Waals surface area contributed by atoms with E-state index in [-0.39, 0.29) is 0 Å². The minimum absolute atomic E-state index is 0.473. The number of nitriles is 1. The van der Waals surface area contributed by atoms with Gasteiger partial charge < -0.3 is 15.2 Å². The maximum absolute atomic E-state index is 9.07. The third-order valence-corrected chi connectivity index (χ3v) is 5.58. The van der Waals surface area contributed by atoms with Crippen LogP contribution in [0.1, 0.15) is 16.8 Å². The number of fused-ring (bicyclic) bond motifs is 2. The molecule has 2 N–H and O–H groups in total. The van der Waals surface area contributed by atoms with Crippen LogP contribution in [0.4, 0.5) is 17.2 Å². The molecule has 0 saturated carbocycles. The average molecular weight is 401 g/mol. The molecule has 0 fully saturated rings. The Morgan fingerprint density at radius 2 is 2.07 bits per heavy atom. The highest BCUT2D eigenvalue weighted by Gasteiger charge is 2.22. The highest BCUT2D eigenvalue weighted by molar-refractivity contribution is 6.32. The zero-order valence-electron chi connectivity index (χ0n) is 15.5. The summed E-state index contributed by atoms with van der Waals surface area (Å²) in [6.07, 6.45) is 4.36. The first kappa shape index (κ1) is 17.5. The average Bonchev–Trinajstić information content (AvgIpc) is 3.21. The van der Waals surface area contributed by atoms with Crippen molar-refractivity contribution in [2.24, 2.45) is 0 Å². The SMILES string of the molecule is N#Cc1ccc(N2CCc3c(ncnc3Nc3ccc4cc[nH]c4c3)C2)cc1Cl. The molecule has 7 heteroatoms. The first-order valence-electron chi connectivity index (χ1n) is 9.33. The fraction of sp³-hybridized carbons (Fsp3) is 0.136. The lowest BCUT2D eigenvalue weighted by molar-refractivity contribution is 0.706. The van der Waals surface area contributed by atoms with E-state index < -0.39 is 0 Å². The van der Waals surface area contributed by atoms with Gasteiger partial charge in [0.1, 0.15) is 18.2 Å². The number of nitrogens with zero attached hydrogens (tertiary/aromatic N) is 4. The molecule has 0 bridgehead atoms. The third kappa shape index (κ3) is 3.26. The molecule has 142 valence electrons. The van der Waals surface area contributed by atoms with E-state index in [0.29, 0.717) is 17.1 Å². The first-order chi connectivity index (χ1) is 14.2. The molecule has 3 heterocycles. The number of anilines is 3. The third-order valence-electron chi connectivity index (χ3n) is 5.26. The maximum atomic E-state index is 9.07. The van der Waals surface area contributed by atoms with Crippen molar-refractivity contribution in [3.05, 3.63) is 76.8 Å². The number of nitrogens with one attached hydrogen (secondary N) is 2. The summed E-state index contributed by atoms with van der Waals surface area (Å²) in [4.78, 5) is 14.4. The second kappa shape index (κ2) is 7.12. The van der Waals surface area contributed by atoms with E-state index in [4.69, 9.17) is 16.9 Å². The van der Waals surface area contributed by atoms with Crippen LogP contribution in [0, 0.1) is 11.3 Å². The Morgan fingerprint density at radius 1 is 1.14 bits per heavy atom. The normalized spacial score (nSPS) is 13.2. The topological polar surface area (TPSA) is 80.6 Å². The number of H-pyrrole nitrogens is 1.